The normalized spacial score (nSPS) is 17.1. The van der Waals surface area contributed by atoms with Gasteiger partial charge in [-0.1, -0.05) is 11.6 Å². The number of thioether (sulfide) groups is 1. The van der Waals surface area contributed by atoms with Gasteiger partial charge in [0.15, 0.2) is 5.15 Å². The molecule has 11 heteroatoms. The van der Waals surface area contributed by atoms with Crippen molar-refractivity contribution in [2.24, 2.45) is 0 Å². The Bertz CT molecular complexity index is 1090. The zero-order valence-corrected chi connectivity index (χ0v) is 20.7. The van der Waals surface area contributed by atoms with Crippen molar-refractivity contribution < 1.29 is 23.9 Å². The van der Waals surface area contributed by atoms with Gasteiger partial charge in [-0.05, 0) is 53.7 Å². The molecule has 2 aromatic rings. The third-order valence-electron chi connectivity index (χ3n) is 4.37. The van der Waals surface area contributed by atoms with Crippen molar-refractivity contribution in [1.29, 1.82) is 0 Å². The van der Waals surface area contributed by atoms with Gasteiger partial charge in [0.05, 0.1) is 11.2 Å². The fourth-order valence-corrected chi connectivity index (χ4v) is 4.40. The molecule has 1 N–H and O–H groups in total. The molecule has 0 saturated heterocycles. The molecule has 0 aliphatic carbocycles. The third kappa shape index (κ3) is 5.29. The van der Waals surface area contributed by atoms with E-state index in [0.717, 1.165) is 9.58 Å². The van der Waals surface area contributed by atoms with E-state index in [9.17, 15) is 14.4 Å². The number of fused-ring (bicyclic) bond motifs is 2. The van der Waals surface area contributed by atoms with E-state index in [1.54, 1.807) is 60.7 Å². The van der Waals surface area contributed by atoms with Crippen LogP contribution in [-0.4, -0.2) is 57.9 Å². The Morgan fingerprint density at radius 3 is 2.38 bits per heavy atom. The molecule has 2 amide bonds. The summed E-state index contributed by atoms with van der Waals surface area (Å²) in [5, 5.41) is 7.39. The molecule has 1 aromatic heterocycles. The number of nitrogens with one attached hydrogen (secondary N) is 1. The van der Waals surface area contributed by atoms with E-state index in [1.807, 2.05) is 0 Å². The van der Waals surface area contributed by atoms with Crippen LogP contribution in [0.15, 0.2) is 17.0 Å². The number of hydrogen-bond donors (Lipinski definition) is 1. The standard InChI is InChI=1S/C21H27ClN4O5S/c1-20(2,3)30-18(28)23-12-10-32-15-9-13-11(8-14(15)25(7)17(12)27)16(22)24-26(13)19(29)31-21(4,5)6/h8-9,12H,10H2,1-7H3,(H,23,28). The number of aromatic nitrogens is 2. The van der Waals surface area contributed by atoms with Gasteiger partial charge in [-0.15, -0.1) is 16.9 Å². The van der Waals surface area contributed by atoms with Crippen molar-refractivity contribution in [2.45, 2.75) is 63.7 Å². The van der Waals surface area contributed by atoms with Crippen molar-refractivity contribution >= 4 is 58.0 Å². The number of rotatable bonds is 1. The summed E-state index contributed by atoms with van der Waals surface area (Å²) in [7, 11) is 1.62. The molecule has 1 aromatic carbocycles. The number of amides is 2. The van der Waals surface area contributed by atoms with Gasteiger partial charge in [0.25, 0.3) is 0 Å². The number of ether oxygens (including phenoxy) is 2. The summed E-state index contributed by atoms with van der Waals surface area (Å²) >= 11 is 7.67. The highest BCUT2D eigenvalue weighted by atomic mass is 35.5. The first-order valence-electron chi connectivity index (χ1n) is 10.0. The van der Waals surface area contributed by atoms with Crippen LogP contribution in [-0.2, 0) is 14.3 Å². The first kappa shape index (κ1) is 24.2. The Balaban J connectivity index is 1.94. The summed E-state index contributed by atoms with van der Waals surface area (Å²) in [5.74, 6) is -0.00740. The lowest BCUT2D eigenvalue weighted by atomic mass is 10.2. The van der Waals surface area contributed by atoms with E-state index in [4.69, 9.17) is 21.1 Å². The van der Waals surface area contributed by atoms with Crippen molar-refractivity contribution in [2.75, 3.05) is 17.7 Å². The molecule has 1 atom stereocenters. The summed E-state index contributed by atoms with van der Waals surface area (Å²) in [6.07, 6.45) is -1.31. The summed E-state index contributed by atoms with van der Waals surface area (Å²) in [4.78, 5) is 40.0. The number of nitrogens with zero attached hydrogens (tertiary/aromatic N) is 3. The fourth-order valence-electron chi connectivity index (χ4n) is 3.07. The van der Waals surface area contributed by atoms with Gasteiger partial charge in [-0.3, -0.25) is 4.79 Å². The molecule has 174 valence electrons. The minimum Gasteiger partial charge on any atom is -0.444 e. The summed E-state index contributed by atoms with van der Waals surface area (Å²) < 4.78 is 11.8. The van der Waals surface area contributed by atoms with Crippen LogP contribution >= 0.6 is 23.4 Å². The predicted molar refractivity (Wildman–Crippen MR) is 124 cm³/mol. The first-order chi connectivity index (χ1) is 14.7. The summed E-state index contributed by atoms with van der Waals surface area (Å²) in [5.41, 5.74) is -0.307. The van der Waals surface area contributed by atoms with Crippen molar-refractivity contribution in [1.82, 2.24) is 15.1 Å². The van der Waals surface area contributed by atoms with Crippen LogP contribution in [0, 0.1) is 0 Å². The molecule has 0 saturated carbocycles. The van der Waals surface area contributed by atoms with Gasteiger partial charge >= 0.3 is 12.2 Å². The van der Waals surface area contributed by atoms with Crippen LogP contribution < -0.4 is 10.2 Å². The number of carbonyl (C=O) groups excluding carboxylic acids is 3. The van der Waals surface area contributed by atoms with Crippen LogP contribution in [0.2, 0.25) is 5.15 Å². The SMILES string of the molecule is CN1C(=O)C(NC(=O)OC(C)(C)C)CSc2cc3c(cc21)c(Cl)nn3C(=O)OC(C)(C)C. The Kier molecular flexibility index (Phi) is 6.41. The van der Waals surface area contributed by atoms with E-state index in [1.165, 1.54) is 16.7 Å². The quantitative estimate of drug-likeness (QED) is 0.641. The molecular formula is C21H27ClN4O5S. The third-order valence-corrected chi connectivity index (χ3v) is 5.79. The van der Waals surface area contributed by atoms with E-state index < -0.39 is 29.4 Å². The Labute approximate surface area is 195 Å². The van der Waals surface area contributed by atoms with E-state index in [0.29, 0.717) is 16.6 Å². The van der Waals surface area contributed by atoms with Gasteiger partial charge in [0, 0.05) is 23.1 Å². The molecule has 1 unspecified atom stereocenters. The van der Waals surface area contributed by atoms with Gasteiger partial charge in [-0.25, -0.2) is 9.59 Å². The highest BCUT2D eigenvalue weighted by molar-refractivity contribution is 7.99. The predicted octanol–water partition coefficient (Wildman–Crippen LogP) is 4.43. The average molecular weight is 483 g/mol. The first-order valence-corrected chi connectivity index (χ1v) is 11.4. The van der Waals surface area contributed by atoms with Crippen LogP contribution in [0.5, 0.6) is 0 Å². The van der Waals surface area contributed by atoms with Crippen molar-refractivity contribution in [3.63, 3.8) is 0 Å². The average Bonchev–Trinajstić information content (AvgIpc) is 2.90. The van der Waals surface area contributed by atoms with Crippen molar-refractivity contribution in [3.8, 4) is 0 Å². The monoisotopic (exact) mass is 482 g/mol. The van der Waals surface area contributed by atoms with E-state index in [-0.39, 0.29) is 16.8 Å². The topological polar surface area (TPSA) is 103 Å². The lowest BCUT2D eigenvalue weighted by Crippen LogP contribution is -2.49. The van der Waals surface area contributed by atoms with Gasteiger partial charge in [-0.2, -0.15) is 4.68 Å². The maximum absolute atomic E-state index is 13.0. The van der Waals surface area contributed by atoms with Crippen LogP contribution in [0.4, 0.5) is 15.3 Å². The Morgan fingerprint density at radius 2 is 1.78 bits per heavy atom. The van der Waals surface area contributed by atoms with Gasteiger partial charge in [0.2, 0.25) is 5.91 Å². The smallest absolute Gasteiger partial charge is 0.435 e. The molecule has 1 aliphatic rings. The second-order valence-corrected chi connectivity index (χ2v) is 10.8. The molecule has 0 spiro atoms. The number of anilines is 1. The lowest BCUT2D eigenvalue weighted by Gasteiger charge is -2.24. The van der Waals surface area contributed by atoms with Gasteiger partial charge < -0.3 is 19.7 Å². The second-order valence-electron chi connectivity index (χ2n) is 9.43. The fraction of sp³-hybridized carbons (Fsp3) is 0.524. The molecular weight excluding hydrogens is 456 g/mol. The molecule has 0 radical (unpaired) electrons. The minimum atomic E-state index is -0.784. The number of hydrogen-bond acceptors (Lipinski definition) is 7. The van der Waals surface area contributed by atoms with Crippen molar-refractivity contribution in [3.05, 3.63) is 17.3 Å². The van der Waals surface area contributed by atoms with Gasteiger partial charge in [0.1, 0.15) is 17.2 Å². The van der Waals surface area contributed by atoms with Crippen LogP contribution in [0.25, 0.3) is 10.9 Å². The highest BCUT2D eigenvalue weighted by Crippen LogP contribution is 2.39. The minimum absolute atomic E-state index is 0.118. The number of benzene rings is 1. The molecule has 0 bridgehead atoms. The molecule has 1 aliphatic heterocycles. The summed E-state index contributed by atoms with van der Waals surface area (Å²) in [6, 6.07) is 2.67. The number of likely N-dealkylation sites (N-methyl/N-ethyl adjacent to an activating group) is 1. The zero-order valence-electron chi connectivity index (χ0n) is 19.1. The Hall–Kier alpha value is -2.46. The lowest BCUT2D eigenvalue weighted by molar-refractivity contribution is -0.119. The molecule has 0 fully saturated rings. The largest absolute Gasteiger partial charge is 0.444 e. The van der Waals surface area contributed by atoms with E-state index in [2.05, 4.69) is 10.4 Å². The molecule has 3 rings (SSSR count). The number of carbonyl (C=O) groups is 3. The Morgan fingerprint density at radius 1 is 1.16 bits per heavy atom. The van der Waals surface area contributed by atoms with E-state index >= 15 is 0 Å². The van der Waals surface area contributed by atoms with Crippen LogP contribution in [0.1, 0.15) is 41.5 Å². The maximum Gasteiger partial charge on any atom is 0.435 e. The number of halogens is 1. The van der Waals surface area contributed by atoms with Crippen LogP contribution in [0.3, 0.4) is 0 Å². The molecule has 32 heavy (non-hydrogen) atoms. The molecule has 2 heterocycles. The summed E-state index contributed by atoms with van der Waals surface area (Å²) in [6.45, 7) is 10.5. The second kappa shape index (κ2) is 8.47. The highest BCUT2D eigenvalue weighted by Gasteiger charge is 2.32. The zero-order chi connectivity index (χ0) is 24.0. The maximum atomic E-state index is 13.0. The number of alkyl carbamates (subject to hydrolysis) is 1. The molecule has 9 nitrogen and oxygen atoms in total.